The number of carbonyl (C=O) groups excluding carboxylic acids is 1. The Hall–Kier alpha value is -3.13. The number of aromatic nitrogens is 2. The molecule has 4 N–H and O–H groups in total. The van der Waals surface area contributed by atoms with Gasteiger partial charge in [-0.15, -0.1) is 0 Å². The van der Waals surface area contributed by atoms with Crippen LogP contribution in [0.2, 0.25) is 0 Å². The van der Waals surface area contributed by atoms with Crippen molar-refractivity contribution in [2.75, 3.05) is 26.0 Å². The molecule has 0 spiro atoms. The molecular formula is C20H21FN4O3. The number of ether oxygens (including phenoxy) is 2. The number of pyridine rings is 1. The predicted molar refractivity (Wildman–Crippen MR) is 104 cm³/mol. The summed E-state index contributed by atoms with van der Waals surface area (Å²) in [5, 5.41) is 3.15. The van der Waals surface area contributed by atoms with Crippen LogP contribution in [0.4, 0.5) is 10.2 Å². The Morgan fingerprint density at radius 1 is 1.46 bits per heavy atom. The van der Waals surface area contributed by atoms with E-state index in [-0.39, 0.29) is 17.8 Å². The van der Waals surface area contributed by atoms with Crippen LogP contribution >= 0.6 is 0 Å². The lowest BCUT2D eigenvalue weighted by atomic mass is 10.1. The van der Waals surface area contributed by atoms with Gasteiger partial charge in [0.1, 0.15) is 24.0 Å². The van der Waals surface area contributed by atoms with Crippen LogP contribution in [0.1, 0.15) is 23.2 Å². The molecule has 1 saturated heterocycles. The second-order valence-electron chi connectivity index (χ2n) is 6.70. The molecule has 8 heteroatoms. The molecule has 7 nitrogen and oxygen atoms in total. The van der Waals surface area contributed by atoms with Gasteiger partial charge in [-0.3, -0.25) is 4.79 Å². The fourth-order valence-corrected chi connectivity index (χ4v) is 3.37. The summed E-state index contributed by atoms with van der Waals surface area (Å²) in [5.41, 5.74) is 7.63. The third kappa shape index (κ3) is 3.38. The molecule has 2 aromatic heterocycles. The molecule has 0 radical (unpaired) electrons. The number of amides is 1. The normalized spacial score (nSPS) is 16.4. The zero-order chi connectivity index (χ0) is 19.7. The summed E-state index contributed by atoms with van der Waals surface area (Å²) in [7, 11) is 1.53. The van der Waals surface area contributed by atoms with Crippen molar-refractivity contribution in [3.8, 4) is 17.0 Å². The zero-order valence-corrected chi connectivity index (χ0v) is 15.4. The molecule has 0 bridgehead atoms. The van der Waals surface area contributed by atoms with E-state index < -0.39 is 5.82 Å². The predicted octanol–water partition coefficient (Wildman–Crippen LogP) is 2.87. The first-order chi connectivity index (χ1) is 13.6. The van der Waals surface area contributed by atoms with Gasteiger partial charge in [-0.2, -0.15) is 0 Å². The van der Waals surface area contributed by atoms with Crippen molar-refractivity contribution in [3.05, 3.63) is 41.8 Å². The van der Waals surface area contributed by atoms with Gasteiger partial charge in [-0.05, 0) is 31.0 Å². The van der Waals surface area contributed by atoms with Crippen LogP contribution in [0, 0.1) is 5.82 Å². The highest BCUT2D eigenvalue weighted by atomic mass is 19.1. The van der Waals surface area contributed by atoms with Crippen molar-refractivity contribution in [2.24, 2.45) is 0 Å². The number of nitrogens with zero attached hydrogens (tertiary/aromatic N) is 1. The van der Waals surface area contributed by atoms with Gasteiger partial charge in [0.2, 0.25) is 0 Å². The van der Waals surface area contributed by atoms with Crippen LogP contribution in [0.5, 0.6) is 5.75 Å². The van der Waals surface area contributed by atoms with E-state index in [9.17, 15) is 9.18 Å². The zero-order valence-electron chi connectivity index (χ0n) is 15.4. The molecule has 1 aliphatic heterocycles. The van der Waals surface area contributed by atoms with Crippen LogP contribution < -0.4 is 15.8 Å². The highest BCUT2D eigenvalue weighted by Gasteiger charge is 2.18. The number of nitrogens with one attached hydrogen (secondary N) is 2. The quantitative estimate of drug-likeness (QED) is 0.628. The standard InChI is InChI=1S/C20H21FN4O3/c1-23-20(26)15-9-24-19(22)18-14(15)8-17(25-18)13-5-4-11(7-16(13)21)28-10-12-3-2-6-27-12/h4-5,7-9,12,25H,2-3,6,10H2,1H3,(H2,22,24)(H,23,26)/t12-/m0/s1. The number of fused-ring (bicyclic) bond motifs is 1. The van der Waals surface area contributed by atoms with Crippen molar-refractivity contribution in [2.45, 2.75) is 18.9 Å². The summed E-state index contributed by atoms with van der Waals surface area (Å²) in [6.07, 6.45) is 3.46. The number of rotatable bonds is 5. The Morgan fingerprint density at radius 2 is 2.32 bits per heavy atom. The van der Waals surface area contributed by atoms with Crippen molar-refractivity contribution in [1.82, 2.24) is 15.3 Å². The number of carbonyl (C=O) groups is 1. The maximum Gasteiger partial charge on any atom is 0.253 e. The number of nitrogen functional groups attached to an aromatic ring is 1. The fourth-order valence-electron chi connectivity index (χ4n) is 3.37. The van der Waals surface area contributed by atoms with Crippen molar-refractivity contribution in [3.63, 3.8) is 0 Å². The first kappa shape index (κ1) is 18.2. The van der Waals surface area contributed by atoms with E-state index in [1.165, 1.54) is 19.3 Å². The Balaban J connectivity index is 1.64. The Kier molecular flexibility index (Phi) is 4.87. The molecule has 3 heterocycles. The van der Waals surface area contributed by atoms with Gasteiger partial charge in [0.05, 0.1) is 17.2 Å². The molecule has 1 amide bonds. The molecule has 146 valence electrons. The van der Waals surface area contributed by atoms with Crippen LogP contribution in [-0.2, 0) is 4.74 Å². The van der Waals surface area contributed by atoms with Crippen LogP contribution in [0.15, 0.2) is 30.5 Å². The van der Waals surface area contributed by atoms with Crippen molar-refractivity contribution < 1.29 is 18.7 Å². The Bertz CT molecular complexity index is 1030. The van der Waals surface area contributed by atoms with Gasteiger partial charge in [-0.25, -0.2) is 9.37 Å². The number of halogens is 1. The minimum absolute atomic E-state index is 0.0649. The smallest absolute Gasteiger partial charge is 0.253 e. The van der Waals surface area contributed by atoms with Gasteiger partial charge in [-0.1, -0.05) is 0 Å². The SMILES string of the molecule is CNC(=O)c1cnc(N)c2[nH]c(-c3ccc(OC[C@@H]4CCCO4)cc3F)cc12. The minimum Gasteiger partial charge on any atom is -0.491 e. The maximum atomic E-state index is 14.7. The van der Waals surface area contributed by atoms with E-state index in [1.807, 2.05) is 0 Å². The van der Waals surface area contributed by atoms with E-state index in [2.05, 4.69) is 15.3 Å². The fraction of sp³-hybridized carbons (Fsp3) is 0.300. The summed E-state index contributed by atoms with van der Waals surface area (Å²) in [6.45, 7) is 1.15. The van der Waals surface area contributed by atoms with Gasteiger partial charge < -0.3 is 25.5 Å². The highest BCUT2D eigenvalue weighted by Crippen LogP contribution is 2.31. The van der Waals surface area contributed by atoms with Gasteiger partial charge in [0, 0.05) is 42.6 Å². The maximum absolute atomic E-state index is 14.7. The first-order valence-electron chi connectivity index (χ1n) is 9.10. The molecule has 1 aliphatic rings. The molecule has 1 atom stereocenters. The summed E-state index contributed by atoms with van der Waals surface area (Å²) < 4.78 is 25.9. The minimum atomic E-state index is -0.440. The monoisotopic (exact) mass is 384 g/mol. The average molecular weight is 384 g/mol. The number of hydrogen-bond acceptors (Lipinski definition) is 5. The molecule has 28 heavy (non-hydrogen) atoms. The topological polar surface area (TPSA) is 102 Å². The molecule has 0 unspecified atom stereocenters. The Morgan fingerprint density at radius 3 is 3.04 bits per heavy atom. The molecule has 0 aliphatic carbocycles. The van der Waals surface area contributed by atoms with E-state index in [0.717, 1.165) is 19.4 Å². The largest absolute Gasteiger partial charge is 0.491 e. The molecule has 0 saturated carbocycles. The number of hydrogen-bond donors (Lipinski definition) is 3. The molecular weight excluding hydrogens is 363 g/mol. The van der Waals surface area contributed by atoms with E-state index in [0.29, 0.717) is 40.1 Å². The van der Waals surface area contributed by atoms with Crippen LogP contribution in [0.3, 0.4) is 0 Å². The summed E-state index contributed by atoms with van der Waals surface area (Å²) in [6, 6.07) is 6.38. The third-order valence-corrected chi connectivity index (χ3v) is 4.86. The molecule has 4 rings (SSSR count). The van der Waals surface area contributed by atoms with E-state index >= 15 is 0 Å². The third-order valence-electron chi connectivity index (χ3n) is 4.86. The molecule has 1 fully saturated rings. The number of nitrogens with two attached hydrogens (primary N) is 1. The van der Waals surface area contributed by atoms with Crippen LogP contribution in [0.25, 0.3) is 22.2 Å². The van der Waals surface area contributed by atoms with Gasteiger partial charge in [0.25, 0.3) is 5.91 Å². The summed E-state index contributed by atoms with van der Waals surface area (Å²) in [4.78, 5) is 19.2. The highest BCUT2D eigenvalue weighted by molar-refractivity contribution is 6.09. The molecule has 1 aromatic carbocycles. The lowest BCUT2D eigenvalue weighted by Crippen LogP contribution is -2.18. The van der Waals surface area contributed by atoms with Crippen LogP contribution in [-0.4, -0.2) is 42.2 Å². The lowest BCUT2D eigenvalue weighted by molar-refractivity contribution is 0.0678. The summed E-state index contributed by atoms with van der Waals surface area (Å²) in [5.74, 6) is -0.0447. The second kappa shape index (κ2) is 7.47. The van der Waals surface area contributed by atoms with Crippen molar-refractivity contribution in [1.29, 1.82) is 0 Å². The number of aromatic amines is 1. The molecule has 3 aromatic rings. The number of benzene rings is 1. The van der Waals surface area contributed by atoms with E-state index in [4.69, 9.17) is 15.2 Å². The Labute approximate surface area is 161 Å². The number of H-pyrrole nitrogens is 1. The first-order valence-corrected chi connectivity index (χ1v) is 9.10. The lowest BCUT2D eigenvalue weighted by Gasteiger charge is -2.12. The number of anilines is 1. The van der Waals surface area contributed by atoms with Gasteiger partial charge >= 0.3 is 0 Å². The van der Waals surface area contributed by atoms with Crippen molar-refractivity contribution >= 4 is 22.6 Å². The van der Waals surface area contributed by atoms with E-state index in [1.54, 1.807) is 18.2 Å². The van der Waals surface area contributed by atoms with Gasteiger partial charge in [0.15, 0.2) is 0 Å². The average Bonchev–Trinajstić information content (AvgIpc) is 3.36. The second-order valence-corrected chi connectivity index (χ2v) is 6.70. The summed E-state index contributed by atoms with van der Waals surface area (Å²) >= 11 is 0.